The van der Waals surface area contributed by atoms with Crippen LogP contribution in [-0.2, 0) is 26.2 Å². The van der Waals surface area contributed by atoms with Gasteiger partial charge in [0, 0.05) is 18.7 Å². The number of ether oxygens (including phenoxy) is 3. The quantitative estimate of drug-likeness (QED) is 0.266. The molecule has 0 saturated heterocycles. The Hall–Kier alpha value is -4.32. The molecule has 1 aliphatic rings. The molecule has 1 aliphatic carbocycles. The summed E-state index contributed by atoms with van der Waals surface area (Å²) >= 11 is 0. The van der Waals surface area contributed by atoms with E-state index in [0.29, 0.717) is 17.9 Å². The Kier molecular flexibility index (Phi) is 11.3. The lowest BCUT2D eigenvalue weighted by molar-refractivity contribution is -0.140. The van der Waals surface area contributed by atoms with Crippen LogP contribution in [0.5, 0.6) is 17.2 Å². The molecule has 10 nitrogen and oxygen atoms in total. The molecule has 2 amide bonds. The standard InChI is InChI=1S/C33H40FN3O7S/c1-5-29(33(39)35-25-8-6-7-9-25)36(21-23-10-16-27(42-2)17-11-23)32(38)22-37(26-14-12-24(34)13-15-26)45(40,41)28-18-19-30(43-3)31(20-28)44-4/h10-20,25,29H,5-9,21-22H2,1-4H3,(H,35,39)/t29-/m1/s1. The van der Waals surface area contributed by atoms with Gasteiger partial charge in [0.1, 0.15) is 24.2 Å². The fraction of sp³-hybridized carbons (Fsp3) is 0.394. The number of amides is 2. The zero-order valence-corrected chi connectivity index (χ0v) is 26.8. The van der Waals surface area contributed by atoms with Gasteiger partial charge in [0.25, 0.3) is 10.0 Å². The predicted molar refractivity (Wildman–Crippen MR) is 168 cm³/mol. The van der Waals surface area contributed by atoms with E-state index in [1.807, 2.05) is 6.92 Å². The van der Waals surface area contributed by atoms with Crippen molar-refractivity contribution in [2.45, 2.75) is 62.6 Å². The molecule has 1 fully saturated rings. The first-order valence-corrected chi connectivity index (χ1v) is 16.3. The number of halogens is 1. The molecular formula is C33H40FN3O7S. The molecule has 242 valence electrons. The zero-order chi connectivity index (χ0) is 32.6. The van der Waals surface area contributed by atoms with Crippen molar-refractivity contribution in [3.63, 3.8) is 0 Å². The third-order valence-corrected chi connectivity index (χ3v) is 9.71. The number of carbonyl (C=O) groups is 2. The van der Waals surface area contributed by atoms with Crippen LogP contribution in [-0.4, -0.2) is 65.1 Å². The van der Waals surface area contributed by atoms with E-state index in [1.54, 1.807) is 31.4 Å². The third-order valence-electron chi connectivity index (χ3n) is 7.94. The van der Waals surface area contributed by atoms with Gasteiger partial charge in [0.15, 0.2) is 11.5 Å². The van der Waals surface area contributed by atoms with Gasteiger partial charge in [-0.15, -0.1) is 0 Å². The minimum absolute atomic E-state index is 0.0330. The maximum Gasteiger partial charge on any atom is 0.264 e. The molecule has 0 unspecified atom stereocenters. The SMILES string of the molecule is CC[C@H](C(=O)NC1CCCC1)N(Cc1ccc(OC)cc1)C(=O)CN(c1ccc(F)cc1)S(=O)(=O)c1ccc(OC)c(OC)c1. The summed E-state index contributed by atoms with van der Waals surface area (Å²) in [5.74, 6) is -0.323. The monoisotopic (exact) mass is 641 g/mol. The van der Waals surface area contributed by atoms with Crippen molar-refractivity contribution >= 4 is 27.5 Å². The molecule has 0 bridgehead atoms. The number of nitrogens with one attached hydrogen (secondary N) is 1. The number of anilines is 1. The van der Waals surface area contributed by atoms with Crippen LogP contribution in [0.2, 0.25) is 0 Å². The number of hydrogen-bond acceptors (Lipinski definition) is 7. The van der Waals surface area contributed by atoms with Crippen molar-refractivity contribution in [1.82, 2.24) is 10.2 Å². The smallest absolute Gasteiger partial charge is 0.264 e. The second kappa shape index (κ2) is 15.1. The van der Waals surface area contributed by atoms with Crippen LogP contribution < -0.4 is 23.8 Å². The predicted octanol–water partition coefficient (Wildman–Crippen LogP) is 4.91. The van der Waals surface area contributed by atoms with Gasteiger partial charge in [-0.25, -0.2) is 12.8 Å². The molecule has 1 N–H and O–H groups in total. The van der Waals surface area contributed by atoms with Gasteiger partial charge in [-0.2, -0.15) is 0 Å². The largest absolute Gasteiger partial charge is 0.497 e. The van der Waals surface area contributed by atoms with E-state index in [-0.39, 0.29) is 34.8 Å². The maximum atomic E-state index is 14.3. The fourth-order valence-corrected chi connectivity index (χ4v) is 6.89. The molecule has 4 rings (SSSR count). The van der Waals surface area contributed by atoms with Crippen molar-refractivity contribution in [2.75, 3.05) is 32.2 Å². The highest BCUT2D eigenvalue weighted by atomic mass is 32.2. The lowest BCUT2D eigenvalue weighted by atomic mass is 10.1. The van der Waals surface area contributed by atoms with Crippen LogP contribution in [0.15, 0.2) is 71.6 Å². The Morgan fingerprint density at radius 2 is 1.56 bits per heavy atom. The van der Waals surface area contributed by atoms with Crippen LogP contribution in [0, 0.1) is 5.82 Å². The number of sulfonamides is 1. The molecule has 0 radical (unpaired) electrons. The summed E-state index contributed by atoms with van der Waals surface area (Å²) in [5, 5.41) is 3.09. The van der Waals surface area contributed by atoms with Gasteiger partial charge < -0.3 is 24.4 Å². The Morgan fingerprint density at radius 1 is 0.911 bits per heavy atom. The molecule has 0 spiro atoms. The van der Waals surface area contributed by atoms with Crippen molar-refractivity contribution in [3.05, 3.63) is 78.1 Å². The summed E-state index contributed by atoms with van der Waals surface area (Å²) in [7, 11) is -0.0323. The summed E-state index contributed by atoms with van der Waals surface area (Å²) in [5.41, 5.74) is 0.805. The Bertz CT molecular complexity index is 1560. The molecule has 0 aliphatic heterocycles. The van der Waals surface area contributed by atoms with Crippen molar-refractivity contribution in [3.8, 4) is 17.2 Å². The minimum Gasteiger partial charge on any atom is -0.497 e. The molecule has 3 aromatic rings. The van der Waals surface area contributed by atoms with Crippen molar-refractivity contribution in [1.29, 1.82) is 0 Å². The van der Waals surface area contributed by atoms with E-state index in [0.717, 1.165) is 47.7 Å². The molecule has 0 aromatic heterocycles. The zero-order valence-electron chi connectivity index (χ0n) is 26.0. The first kappa shape index (κ1) is 33.6. The van der Waals surface area contributed by atoms with Crippen molar-refractivity contribution < 1.29 is 36.6 Å². The number of carbonyl (C=O) groups excluding carboxylic acids is 2. The lowest BCUT2D eigenvalue weighted by Crippen LogP contribution is -2.53. The molecule has 45 heavy (non-hydrogen) atoms. The molecule has 12 heteroatoms. The summed E-state index contributed by atoms with van der Waals surface area (Å²) in [4.78, 5) is 29.1. The van der Waals surface area contributed by atoms with Crippen LogP contribution >= 0.6 is 0 Å². The summed E-state index contributed by atoms with van der Waals surface area (Å²) in [6.07, 6.45) is 4.10. The Balaban J connectivity index is 1.73. The first-order valence-electron chi connectivity index (χ1n) is 14.8. The van der Waals surface area contributed by atoms with Crippen LogP contribution in [0.3, 0.4) is 0 Å². The molecular weight excluding hydrogens is 601 g/mol. The van der Waals surface area contributed by atoms with Gasteiger partial charge in [-0.1, -0.05) is 31.9 Å². The van der Waals surface area contributed by atoms with E-state index >= 15 is 0 Å². The third kappa shape index (κ3) is 8.05. The first-order chi connectivity index (χ1) is 21.6. The second-order valence-corrected chi connectivity index (χ2v) is 12.7. The topological polar surface area (TPSA) is 114 Å². The highest BCUT2D eigenvalue weighted by Gasteiger charge is 2.35. The molecule has 1 saturated carbocycles. The highest BCUT2D eigenvalue weighted by molar-refractivity contribution is 7.92. The van der Waals surface area contributed by atoms with Crippen LogP contribution in [0.25, 0.3) is 0 Å². The minimum atomic E-state index is -4.40. The Labute approximate surface area is 264 Å². The Morgan fingerprint density at radius 3 is 2.13 bits per heavy atom. The van der Waals surface area contributed by atoms with Gasteiger partial charge in [0.2, 0.25) is 11.8 Å². The number of rotatable bonds is 14. The second-order valence-electron chi connectivity index (χ2n) is 10.8. The van der Waals surface area contributed by atoms with E-state index in [4.69, 9.17) is 14.2 Å². The molecule has 3 aromatic carbocycles. The van der Waals surface area contributed by atoms with E-state index in [9.17, 15) is 22.4 Å². The van der Waals surface area contributed by atoms with Gasteiger partial charge >= 0.3 is 0 Å². The van der Waals surface area contributed by atoms with Gasteiger partial charge in [-0.3, -0.25) is 13.9 Å². The average molecular weight is 642 g/mol. The normalized spacial score (nSPS) is 14.0. The van der Waals surface area contributed by atoms with E-state index in [2.05, 4.69) is 5.32 Å². The fourth-order valence-electron chi connectivity index (χ4n) is 5.45. The van der Waals surface area contributed by atoms with E-state index in [1.165, 1.54) is 49.5 Å². The number of benzene rings is 3. The summed E-state index contributed by atoms with van der Waals surface area (Å²) in [6.45, 7) is 1.21. The maximum absolute atomic E-state index is 14.3. The highest BCUT2D eigenvalue weighted by Crippen LogP contribution is 2.32. The lowest BCUT2D eigenvalue weighted by Gasteiger charge is -2.33. The average Bonchev–Trinajstić information content (AvgIpc) is 3.56. The van der Waals surface area contributed by atoms with Crippen molar-refractivity contribution in [2.24, 2.45) is 0 Å². The van der Waals surface area contributed by atoms with Crippen LogP contribution in [0.4, 0.5) is 10.1 Å². The molecule has 1 atom stereocenters. The van der Waals surface area contributed by atoms with Gasteiger partial charge in [0.05, 0.1) is 31.9 Å². The van der Waals surface area contributed by atoms with E-state index < -0.39 is 34.3 Å². The number of methoxy groups -OCH3 is 3. The summed E-state index contributed by atoms with van der Waals surface area (Å²) in [6, 6.07) is 15.2. The van der Waals surface area contributed by atoms with Gasteiger partial charge in [-0.05, 0) is 73.4 Å². The number of hydrogen-bond donors (Lipinski definition) is 1. The summed E-state index contributed by atoms with van der Waals surface area (Å²) < 4.78 is 59.0. The number of nitrogens with zero attached hydrogens (tertiary/aromatic N) is 2. The molecule has 0 heterocycles. The van der Waals surface area contributed by atoms with Crippen LogP contribution in [0.1, 0.15) is 44.6 Å².